The lowest BCUT2D eigenvalue weighted by atomic mass is 9.98. The van der Waals surface area contributed by atoms with Crippen molar-refractivity contribution in [3.8, 4) is 0 Å². The maximum atomic E-state index is 11.7. The lowest BCUT2D eigenvalue weighted by molar-refractivity contribution is 0.128. The standard InChI is InChI=1S/C23H26OSi/c1-23(2,3)22(24)25(19-13-7-4-8-14-19,20-15-9-5-10-16-20)21-17-11-6-12-18-21/h4-18,22,24H,1-3H3/t22-/m0/s1. The van der Waals surface area contributed by atoms with Gasteiger partial charge in [0.2, 0.25) is 0 Å². The van der Waals surface area contributed by atoms with Crippen LogP contribution in [0.1, 0.15) is 20.8 Å². The van der Waals surface area contributed by atoms with Crippen LogP contribution >= 0.6 is 0 Å². The van der Waals surface area contributed by atoms with Gasteiger partial charge in [0.25, 0.3) is 0 Å². The lowest BCUT2D eigenvalue weighted by Gasteiger charge is -2.43. The first kappa shape index (κ1) is 17.7. The average Bonchev–Trinajstić information content (AvgIpc) is 2.64. The number of hydrogen-bond acceptors (Lipinski definition) is 1. The number of benzene rings is 3. The van der Waals surface area contributed by atoms with Gasteiger partial charge in [0.05, 0.1) is 5.73 Å². The third-order valence-corrected chi connectivity index (χ3v) is 10.3. The molecule has 128 valence electrons. The summed E-state index contributed by atoms with van der Waals surface area (Å²) in [5.74, 6) is 0. The molecule has 0 aromatic heterocycles. The van der Waals surface area contributed by atoms with Gasteiger partial charge in [-0.1, -0.05) is 112 Å². The van der Waals surface area contributed by atoms with Gasteiger partial charge in [-0.15, -0.1) is 0 Å². The highest BCUT2D eigenvalue weighted by atomic mass is 28.3. The van der Waals surface area contributed by atoms with Crippen LogP contribution in [-0.4, -0.2) is 18.9 Å². The smallest absolute Gasteiger partial charge is 0.179 e. The van der Waals surface area contributed by atoms with E-state index in [-0.39, 0.29) is 5.41 Å². The van der Waals surface area contributed by atoms with Crippen LogP contribution in [0.25, 0.3) is 0 Å². The topological polar surface area (TPSA) is 20.2 Å². The zero-order valence-corrected chi connectivity index (χ0v) is 16.2. The molecular weight excluding hydrogens is 320 g/mol. The summed E-state index contributed by atoms with van der Waals surface area (Å²) in [6.45, 7) is 6.40. The number of hydrogen-bond donors (Lipinski definition) is 1. The van der Waals surface area contributed by atoms with E-state index in [1.807, 2.05) is 18.2 Å². The van der Waals surface area contributed by atoms with Crippen LogP contribution in [0.5, 0.6) is 0 Å². The fourth-order valence-corrected chi connectivity index (χ4v) is 9.13. The minimum Gasteiger partial charge on any atom is -0.395 e. The molecule has 25 heavy (non-hydrogen) atoms. The second-order valence-electron chi connectivity index (χ2n) is 7.67. The summed E-state index contributed by atoms with van der Waals surface area (Å²) in [5, 5.41) is 15.5. The van der Waals surface area contributed by atoms with Gasteiger partial charge in [-0.2, -0.15) is 0 Å². The monoisotopic (exact) mass is 346 g/mol. The molecule has 1 N–H and O–H groups in total. The van der Waals surface area contributed by atoms with Gasteiger partial charge in [-0.05, 0) is 21.0 Å². The summed E-state index contributed by atoms with van der Waals surface area (Å²) in [5.41, 5.74) is -0.680. The van der Waals surface area contributed by atoms with Gasteiger partial charge in [0.1, 0.15) is 0 Å². The third-order valence-electron chi connectivity index (χ3n) is 4.92. The van der Waals surface area contributed by atoms with E-state index in [1.54, 1.807) is 0 Å². The fraction of sp³-hybridized carbons (Fsp3) is 0.217. The lowest BCUT2D eigenvalue weighted by Crippen LogP contribution is -2.76. The molecule has 0 aliphatic heterocycles. The van der Waals surface area contributed by atoms with Crippen molar-refractivity contribution in [2.45, 2.75) is 26.5 Å². The second-order valence-corrected chi connectivity index (χ2v) is 11.6. The first-order valence-electron chi connectivity index (χ1n) is 8.82. The zero-order valence-electron chi connectivity index (χ0n) is 15.2. The Morgan fingerprint density at radius 1 is 0.600 bits per heavy atom. The Hall–Kier alpha value is -2.16. The summed E-state index contributed by atoms with van der Waals surface area (Å²) in [4.78, 5) is 0. The van der Waals surface area contributed by atoms with Gasteiger partial charge in [0, 0.05) is 0 Å². The Morgan fingerprint density at radius 3 is 1.12 bits per heavy atom. The third kappa shape index (κ3) is 3.20. The molecule has 0 saturated carbocycles. The molecule has 0 heterocycles. The molecule has 0 bridgehead atoms. The van der Waals surface area contributed by atoms with Gasteiger partial charge in [-0.3, -0.25) is 0 Å². The van der Waals surface area contributed by atoms with Crippen LogP contribution in [0.3, 0.4) is 0 Å². The van der Waals surface area contributed by atoms with Crippen LogP contribution in [-0.2, 0) is 0 Å². The van der Waals surface area contributed by atoms with Crippen LogP contribution in [0.4, 0.5) is 0 Å². The predicted molar refractivity (Wildman–Crippen MR) is 109 cm³/mol. The van der Waals surface area contributed by atoms with Crippen LogP contribution in [0, 0.1) is 5.41 Å². The SMILES string of the molecule is CC(C)(C)[C@@H](O)[Si](c1ccccc1)(c1ccccc1)c1ccccc1. The van der Waals surface area contributed by atoms with E-state index in [0.29, 0.717) is 0 Å². The van der Waals surface area contributed by atoms with E-state index in [9.17, 15) is 5.11 Å². The van der Waals surface area contributed by atoms with Crippen molar-refractivity contribution in [2.24, 2.45) is 5.41 Å². The van der Waals surface area contributed by atoms with E-state index in [4.69, 9.17) is 0 Å². The van der Waals surface area contributed by atoms with Crippen molar-refractivity contribution in [2.75, 3.05) is 0 Å². The highest BCUT2D eigenvalue weighted by Crippen LogP contribution is 2.27. The number of rotatable bonds is 4. The van der Waals surface area contributed by atoms with Crippen LogP contribution in [0.2, 0.25) is 0 Å². The Labute approximate surface area is 152 Å². The van der Waals surface area contributed by atoms with Crippen LogP contribution < -0.4 is 15.6 Å². The van der Waals surface area contributed by atoms with E-state index in [0.717, 1.165) is 0 Å². The molecule has 2 heteroatoms. The maximum Gasteiger partial charge on any atom is 0.179 e. The Morgan fingerprint density at radius 2 is 0.880 bits per heavy atom. The van der Waals surface area contributed by atoms with Crippen molar-refractivity contribution < 1.29 is 5.11 Å². The van der Waals surface area contributed by atoms with Crippen molar-refractivity contribution in [1.82, 2.24) is 0 Å². The second kappa shape index (κ2) is 6.99. The first-order valence-corrected chi connectivity index (χ1v) is 10.9. The van der Waals surface area contributed by atoms with E-state index in [2.05, 4.69) is 93.6 Å². The molecule has 3 aromatic rings. The quantitative estimate of drug-likeness (QED) is 0.568. The van der Waals surface area contributed by atoms with Gasteiger partial charge in [0.15, 0.2) is 8.07 Å². The number of aliphatic hydroxyl groups is 1. The summed E-state index contributed by atoms with van der Waals surface area (Å²) in [7, 11) is -2.61. The van der Waals surface area contributed by atoms with Gasteiger partial charge in [-0.25, -0.2) is 0 Å². The molecule has 0 aliphatic carbocycles. The molecule has 0 amide bonds. The van der Waals surface area contributed by atoms with E-state index < -0.39 is 13.8 Å². The first-order chi connectivity index (χ1) is 12.0. The minimum atomic E-state index is -2.61. The largest absolute Gasteiger partial charge is 0.395 e. The highest BCUT2D eigenvalue weighted by molar-refractivity contribution is 7.12. The fourth-order valence-electron chi connectivity index (χ4n) is 3.73. The zero-order chi connectivity index (χ0) is 17.9. The normalized spacial score (nSPS) is 13.4. The number of aliphatic hydroxyl groups excluding tert-OH is 1. The minimum absolute atomic E-state index is 0.228. The molecule has 0 radical (unpaired) electrons. The van der Waals surface area contributed by atoms with Crippen molar-refractivity contribution in [3.05, 3.63) is 91.0 Å². The molecule has 0 saturated heterocycles. The van der Waals surface area contributed by atoms with Crippen molar-refractivity contribution in [3.63, 3.8) is 0 Å². The summed E-state index contributed by atoms with van der Waals surface area (Å²) in [6, 6.07) is 31.7. The molecule has 3 rings (SSSR count). The molecule has 1 nitrogen and oxygen atoms in total. The Bertz CT molecular complexity index is 695. The average molecular weight is 347 g/mol. The van der Waals surface area contributed by atoms with E-state index in [1.165, 1.54) is 15.6 Å². The summed E-state index contributed by atoms with van der Waals surface area (Å²) in [6.07, 6.45) is 0. The highest BCUT2D eigenvalue weighted by Gasteiger charge is 2.50. The van der Waals surface area contributed by atoms with E-state index >= 15 is 0 Å². The molecule has 3 aromatic carbocycles. The summed E-state index contributed by atoms with van der Waals surface area (Å²) >= 11 is 0. The van der Waals surface area contributed by atoms with Crippen molar-refractivity contribution in [1.29, 1.82) is 0 Å². The molecule has 0 aliphatic rings. The Kier molecular flexibility index (Phi) is 4.93. The predicted octanol–water partition coefficient (Wildman–Crippen LogP) is 3.10. The molecule has 0 spiro atoms. The van der Waals surface area contributed by atoms with Crippen molar-refractivity contribution >= 4 is 23.6 Å². The molecule has 1 atom stereocenters. The van der Waals surface area contributed by atoms with Crippen LogP contribution in [0.15, 0.2) is 91.0 Å². The Balaban J connectivity index is 2.40. The maximum absolute atomic E-state index is 11.7. The van der Waals surface area contributed by atoms with Gasteiger partial charge >= 0.3 is 0 Å². The molecule has 0 unspecified atom stereocenters. The molecule has 0 fully saturated rings. The summed E-state index contributed by atoms with van der Waals surface area (Å²) < 4.78 is 0. The van der Waals surface area contributed by atoms with Gasteiger partial charge < -0.3 is 5.11 Å². The molecular formula is C23H26OSi.